The van der Waals surface area contributed by atoms with Gasteiger partial charge in [-0.05, 0) is 55.2 Å². The van der Waals surface area contributed by atoms with E-state index in [0.29, 0.717) is 6.42 Å². The zero-order chi connectivity index (χ0) is 19.5. The molecule has 0 aromatic heterocycles. The molecule has 3 nitrogen and oxygen atoms in total. The molecule has 1 aromatic rings. The Morgan fingerprint density at radius 3 is 2.64 bits per heavy atom. The van der Waals surface area contributed by atoms with Gasteiger partial charge in [-0.15, -0.1) is 0 Å². The van der Waals surface area contributed by atoms with Crippen molar-refractivity contribution >= 4 is 5.78 Å². The number of ether oxygens (including phenoxy) is 2. The van der Waals surface area contributed by atoms with Crippen LogP contribution in [0.5, 0.6) is 0 Å². The Morgan fingerprint density at radius 1 is 1.25 bits per heavy atom. The Bertz CT molecular complexity index is 685. The second kappa shape index (κ2) is 8.87. The molecule has 5 atom stereocenters. The second-order valence-electron chi connectivity index (χ2n) is 8.51. The van der Waals surface area contributed by atoms with Gasteiger partial charge in [0.15, 0.2) is 12.1 Å². The van der Waals surface area contributed by atoms with E-state index < -0.39 is 6.17 Å². The smallest absolute Gasteiger partial charge is 0.159 e. The summed E-state index contributed by atoms with van der Waals surface area (Å²) in [4.78, 5) is 12.7. The van der Waals surface area contributed by atoms with Gasteiger partial charge < -0.3 is 9.47 Å². The van der Waals surface area contributed by atoms with Gasteiger partial charge in [0.05, 0.1) is 6.10 Å². The number of halogens is 1. The molecular weight excluding hydrogens is 355 g/mol. The number of hydrogen-bond acceptors (Lipinski definition) is 3. The number of carbonyl (C=O) groups is 1. The minimum absolute atomic E-state index is 0.00382. The molecule has 0 N–H and O–H groups in total. The third kappa shape index (κ3) is 4.23. The van der Waals surface area contributed by atoms with Crippen LogP contribution in [0.3, 0.4) is 0 Å². The summed E-state index contributed by atoms with van der Waals surface area (Å²) in [6.07, 6.45) is 8.12. The first-order valence-corrected chi connectivity index (χ1v) is 10.9. The normalized spacial score (nSPS) is 33.4. The average molecular weight is 387 g/mol. The molecule has 0 spiro atoms. The van der Waals surface area contributed by atoms with Crippen molar-refractivity contribution < 1.29 is 18.7 Å². The van der Waals surface area contributed by atoms with Crippen molar-refractivity contribution in [2.24, 2.45) is 17.8 Å². The van der Waals surface area contributed by atoms with Crippen molar-refractivity contribution in [2.75, 3.05) is 6.61 Å². The molecule has 1 aromatic carbocycles. The lowest BCUT2D eigenvalue weighted by molar-refractivity contribution is -0.195. The van der Waals surface area contributed by atoms with Crippen molar-refractivity contribution in [3.05, 3.63) is 47.5 Å². The maximum Gasteiger partial charge on any atom is 0.159 e. The lowest BCUT2D eigenvalue weighted by atomic mass is 9.90. The molecule has 3 aliphatic rings. The molecule has 4 heteroatoms. The molecule has 1 saturated carbocycles. The molecule has 0 amide bonds. The van der Waals surface area contributed by atoms with Crippen LogP contribution in [0.1, 0.15) is 50.2 Å². The molecule has 1 unspecified atom stereocenters. The van der Waals surface area contributed by atoms with Gasteiger partial charge in [-0.3, -0.25) is 4.79 Å². The van der Waals surface area contributed by atoms with Crippen LogP contribution in [0, 0.1) is 17.8 Å². The summed E-state index contributed by atoms with van der Waals surface area (Å²) in [6.45, 7) is 2.81. The monoisotopic (exact) mass is 386 g/mol. The van der Waals surface area contributed by atoms with Gasteiger partial charge in [0.1, 0.15) is 6.17 Å². The first-order valence-electron chi connectivity index (χ1n) is 10.9. The minimum Gasteiger partial charge on any atom is -0.353 e. The van der Waals surface area contributed by atoms with Crippen LogP contribution in [-0.4, -0.2) is 31.0 Å². The van der Waals surface area contributed by atoms with Crippen LogP contribution in [0.2, 0.25) is 0 Å². The Labute approximate surface area is 167 Å². The topological polar surface area (TPSA) is 35.5 Å². The van der Waals surface area contributed by atoms with Crippen LogP contribution < -0.4 is 0 Å². The molecule has 0 radical (unpaired) electrons. The van der Waals surface area contributed by atoms with E-state index in [4.69, 9.17) is 9.47 Å². The number of alkyl halides is 1. The number of carbonyl (C=O) groups excluding carboxylic acids is 1. The minimum atomic E-state index is -0.955. The molecule has 2 aliphatic carbocycles. The predicted octanol–water partition coefficient (Wildman–Crippen LogP) is 4.82. The maximum absolute atomic E-state index is 14.8. The first kappa shape index (κ1) is 19.8. The lowest BCUT2D eigenvalue weighted by Gasteiger charge is -2.29. The van der Waals surface area contributed by atoms with E-state index in [2.05, 4.69) is 19.1 Å². The molecule has 2 fully saturated rings. The summed E-state index contributed by atoms with van der Waals surface area (Å²) < 4.78 is 26.6. The summed E-state index contributed by atoms with van der Waals surface area (Å²) in [5.74, 6) is -0.0224. The third-order valence-electron chi connectivity index (χ3n) is 6.72. The summed E-state index contributed by atoms with van der Waals surface area (Å²) in [5.41, 5.74) is 2.54. The third-order valence-corrected chi connectivity index (χ3v) is 6.72. The number of allylic oxidation sites excluding steroid dienone is 2. The fourth-order valence-corrected chi connectivity index (χ4v) is 5.14. The SMILES string of the molecule is CC[C@@H]1[C@@H](/C=C/C(=O)C2Cc3ccccc3C2)[C@@H](F)C[C@@H]1OC1CCCCO1. The molecule has 152 valence electrons. The van der Waals surface area contributed by atoms with E-state index in [1.807, 2.05) is 18.2 Å². The standard InChI is InChI=1S/C24H31FO3/c1-2-19-20(21(25)15-23(19)28-24-9-5-6-12-27-24)10-11-22(26)18-13-16-7-3-4-8-17(16)14-18/h3-4,7-8,10-11,18-21,23-24H,2,5-6,9,12-15H2,1H3/b11-10+/t19-,20-,21+,23+,24?/m1/s1. The highest BCUT2D eigenvalue weighted by molar-refractivity contribution is 5.92. The van der Waals surface area contributed by atoms with E-state index >= 15 is 0 Å². The van der Waals surface area contributed by atoms with Crippen molar-refractivity contribution in [3.8, 4) is 0 Å². The molecule has 1 heterocycles. The molecular formula is C24H31FO3. The number of ketones is 1. The summed E-state index contributed by atoms with van der Waals surface area (Å²) >= 11 is 0. The van der Waals surface area contributed by atoms with E-state index in [9.17, 15) is 9.18 Å². The second-order valence-corrected chi connectivity index (χ2v) is 8.51. The van der Waals surface area contributed by atoms with Crippen LogP contribution in [0.15, 0.2) is 36.4 Å². The van der Waals surface area contributed by atoms with Crippen molar-refractivity contribution in [1.82, 2.24) is 0 Å². The van der Waals surface area contributed by atoms with Crippen molar-refractivity contribution in [1.29, 1.82) is 0 Å². The van der Waals surface area contributed by atoms with E-state index in [1.165, 1.54) is 11.1 Å². The largest absolute Gasteiger partial charge is 0.353 e. The van der Waals surface area contributed by atoms with Gasteiger partial charge in [0.25, 0.3) is 0 Å². The summed E-state index contributed by atoms with van der Waals surface area (Å²) in [7, 11) is 0. The zero-order valence-electron chi connectivity index (χ0n) is 16.7. The fourth-order valence-electron chi connectivity index (χ4n) is 5.14. The highest BCUT2D eigenvalue weighted by atomic mass is 19.1. The Morgan fingerprint density at radius 2 is 2.00 bits per heavy atom. The molecule has 28 heavy (non-hydrogen) atoms. The molecule has 1 aliphatic heterocycles. The molecule has 0 bridgehead atoms. The number of benzene rings is 1. The van der Waals surface area contributed by atoms with Crippen LogP contribution in [0.25, 0.3) is 0 Å². The Kier molecular flexibility index (Phi) is 6.27. The van der Waals surface area contributed by atoms with Crippen LogP contribution >= 0.6 is 0 Å². The summed E-state index contributed by atoms with van der Waals surface area (Å²) in [5, 5.41) is 0. The van der Waals surface area contributed by atoms with E-state index in [-0.39, 0.29) is 35.9 Å². The van der Waals surface area contributed by atoms with Gasteiger partial charge in [0, 0.05) is 24.9 Å². The van der Waals surface area contributed by atoms with Gasteiger partial charge in [-0.2, -0.15) is 0 Å². The lowest BCUT2D eigenvalue weighted by Crippen LogP contribution is -2.31. The molecule has 1 saturated heterocycles. The van der Waals surface area contributed by atoms with Gasteiger partial charge in [-0.25, -0.2) is 4.39 Å². The van der Waals surface area contributed by atoms with Crippen molar-refractivity contribution in [2.45, 2.75) is 70.4 Å². The average Bonchev–Trinajstić information content (AvgIpc) is 3.27. The van der Waals surface area contributed by atoms with Crippen molar-refractivity contribution in [3.63, 3.8) is 0 Å². The van der Waals surface area contributed by atoms with E-state index in [1.54, 1.807) is 6.08 Å². The van der Waals surface area contributed by atoms with Gasteiger partial charge in [-0.1, -0.05) is 43.7 Å². The van der Waals surface area contributed by atoms with Crippen LogP contribution in [-0.2, 0) is 27.1 Å². The fraction of sp³-hybridized carbons (Fsp3) is 0.625. The number of rotatable bonds is 6. The Hall–Kier alpha value is -1.52. The van der Waals surface area contributed by atoms with Crippen LogP contribution in [0.4, 0.5) is 4.39 Å². The zero-order valence-corrected chi connectivity index (χ0v) is 16.7. The predicted molar refractivity (Wildman–Crippen MR) is 107 cm³/mol. The van der Waals surface area contributed by atoms with Gasteiger partial charge in [0.2, 0.25) is 0 Å². The Balaban J connectivity index is 1.37. The maximum atomic E-state index is 14.8. The first-order chi connectivity index (χ1) is 13.7. The number of hydrogen-bond donors (Lipinski definition) is 0. The van der Waals surface area contributed by atoms with E-state index in [0.717, 1.165) is 45.1 Å². The number of fused-ring (bicyclic) bond motifs is 1. The van der Waals surface area contributed by atoms with Gasteiger partial charge >= 0.3 is 0 Å². The highest BCUT2D eigenvalue weighted by Crippen LogP contribution is 2.40. The highest BCUT2D eigenvalue weighted by Gasteiger charge is 2.43. The molecule has 4 rings (SSSR count). The quantitative estimate of drug-likeness (QED) is 0.658. The summed E-state index contributed by atoms with van der Waals surface area (Å²) in [6, 6.07) is 8.25.